The molecule has 1 atom stereocenters. The van der Waals surface area contributed by atoms with E-state index in [1.807, 2.05) is 4.90 Å². The summed E-state index contributed by atoms with van der Waals surface area (Å²) in [6, 6.07) is 6.29. The average molecular weight is 203 g/mol. The van der Waals surface area contributed by atoms with Crippen LogP contribution in [0.3, 0.4) is 0 Å². The molecule has 0 radical (unpaired) electrons. The van der Waals surface area contributed by atoms with E-state index in [1.54, 1.807) is 6.92 Å². The highest BCUT2D eigenvalue weighted by Crippen LogP contribution is 2.37. The van der Waals surface area contributed by atoms with E-state index in [0.29, 0.717) is 5.92 Å². The quantitative estimate of drug-likeness (QED) is 0.635. The predicted octanol–water partition coefficient (Wildman–Crippen LogP) is 2.86. The third-order valence-electron chi connectivity index (χ3n) is 3.24. The van der Waals surface area contributed by atoms with Crippen LogP contribution >= 0.6 is 0 Å². The fraction of sp³-hybridized carbons (Fsp3) is 0.462. The van der Waals surface area contributed by atoms with E-state index in [1.165, 1.54) is 11.1 Å². The molecule has 1 heterocycles. The molecule has 80 valence electrons. The summed E-state index contributed by atoms with van der Waals surface area (Å²) in [5.74, 6) is 0.716. The van der Waals surface area contributed by atoms with E-state index in [-0.39, 0.29) is 5.91 Å². The molecule has 0 aromatic heterocycles. The van der Waals surface area contributed by atoms with E-state index in [2.05, 4.69) is 32.0 Å². The van der Waals surface area contributed by atoms with Crippen molar-refractivity contribution in [3.63, 3.8) is 0 Å². The number of para-hydroxylation sites is 1. The number of hydrogen-bond donors (Lipinski definition) is 0. The molecule has 2 nitrogen and oxygen atoms in total. The summed E-state index contributed by atoms with van der Waals surface area (Å²) >= 11 is 0. The van der Waals surface area contributed by atoms with Gasteiger partial charge in [0.15, 0.2) is 0 Å². The van der Waals surface area contributed by atoms with Crippen LogP contribution in [0.25, 0.3) is 0 Å². The third-order valence-corrected chi connectivity index (χ3v) is 3.24. The monoisotopic (exact) mass is 203 g/mol. The Kier molecular flexibility index (Phi) is 2.51. The molecule has 1 amide bonds. The molecule has 1 aromatic carbocycles. The maximum Gasteiger partial charge on any atom is 0.223 e. The maximum atomic E-state index is 11.5. The van der Waals surface area contributed by atoms with Crippen LogP contribution in [0.2, 0.25) is 0 Å². The third kappa shape index (κ3) is 1.65. The van der Waals surface area contributed by atoms with Crippen molar-refractivity contribution >= 4 is 11.6 Å². The number of aryl methyl sites for hydroxylation is 1. The summed E-state index contributed by atoms with van der Waals surface area (Å²) in [5, 5.41) is 0. The number of rotatable bonds is 0. The predicted molar refractivity (Wildman–Crippen MR) is 62.2 cm³/mol. The standard InChI is InChI=1S/C13H17NO/c1-9-7-8-14(11(3)15)13-10(2)5-4-6-12(9)13/h4-6,9H,7-8H2,1-3H3. The summed E-state index contributed by atoms with van der Waals surface area (Å²) < 4.78 is 0. The zero-order chi connectivity index (χ0) is 11.0. The van der Waals surface area contributed by atoms with Crippen molar-refractivity contribution in [1.29, 1.82) is 0 Å². The molecule has 0 fully saturated rings. The number of anilines is 1. The molecule has 1 aromatic rings. The number of benzene rings is 1. The van der Waals surface area contributed by atoms with Gasteiger partial charge in [0, 0.05) is 19.2 Å². The lowest BCUT2D eigenvalue weighted by Gasteiger charge is -2.33. The van der Waals surface area contributed by atoms with Crippen LogP contribution < -0.4 is 4.90 Å². The van der Waals surface area contributed by atoms with Gasteiger partial charge in [-0.15, -0.1) is 0 Å². The molecule has 1 aliphatic heterocycles. The summed E-state index contributed by atoms with van der Waals surface area (Å²) in [7, 11) is 0. The summed E-state index contributed by atoms with van der Waals surface area (Å²) in [5.41, 5.74) is 3.66. The van der Waals surface area contributed by atoms with E-state index < -0.39 is 0 Å². The van der Waals surface area contributed by atoms with Crippen molar-refractivity contribution in [2.24, 2.45) is 0 Å². The maximum absolute atomic E-state index is 11.5. The van der Waals surface area contributed by atoms with Crippen LogP contribution in [0, 0.1) is 6.92 Å². The largest absolute Gasteiger partial charge is 0.312 e. The van der Waals surface area contributed by atoms with Gasteiger partial charge >= 0.3 is 0 Å². The molecular weight excluding hydrogens is 186 g/mol. The Balaban J connectivity index is 2.56. The highest BCUT2D eigenvalue weighted by Gasteiger charge is 2.25. The first-order valence-corrected chi connectivity index (χ1v) is 5.49. The van der Waals surface area contributed by atoms with Gasteiger partial charge in [-0.2, -0.15) is 0 Å². The topological polar surface area (TPSA) is 20.3 Å². The first-order chi connectivity index (χ1) is 7.11. The zero-order valence-corrected chi connectivity index (χ0v) is 9.58. The minimum atomic E-state index is 0.150. The van der Waals surface area contributed by atoms with Gasteiger partial charge in [-0.3, -0.25) is 4.79 Å². The molecule has 2 rings (SSSR count). The van der Waals surface area contributed by atoms with Gasteiger partial charge in [0.25, 0.3) is 0 Å². The molecule has 1 aliphatic rings. The van der Waals surface area contributed by atoms with E-state index in [4.69, 9.17) is 0 Å². The second-order valence-corrected chi connectivity index (χ2v) is 4.37. The smallest absolute Gasteiger partial charge is 0.223 e. The van der Waals surface area contributed by atoms with Crippen molar-refractivity contribution in [2.75, 3.05) is 11.4 Å². The molecular formula is C13H17NO. The van der Waals surface area contributed by atoms with Crippen molar-refractivity contribution < 1.29 is 4.79 Å². The number of carbonyl (C=O) groups excluding carboxylic acids is 1. The number of fused-ring (bicyclic) bond motifs is 1. The average Bonchev–Trinajstić information content (AvgIpc) is 2.19. The summed E-state index contributed by atoms with van der Waals surface area (Å²) in [4.78, 5) is 13.5. The minimum absolute atomic E-state index is 0.150. The van der Waals surface area contributed by atoms with E-state index in [9.17, 15) is 4.79 Å². The second-order valence-electron chi connectivity index (χ2n) is 4.37. The number of hydrogen-bond acceptors (Lipinski definition) is 1. The molecule has 0 aliphatic carbocycles. The first-order valence-electron chi connectivity index (χ1n) is 5.49. The first kappa shape index (κ1) is 10.2. The van der Waals surface area contributed by atoms with Crippen LogP contribution in [0.5, 0.6) is 0 Å². The van der Waals surface area contributed by atoms with Gasteiger partial charge in [-0.25, -0.2) is 0 Å². The number of nitrogens with zero attached hydrogens (tertiary/aromatic N) is 1. The normalized spacial score (nSPS) is 19.9. The highest BCUT2D eigenvalue weighted by molar-refractivity contribution is 5.93. The summed E-state index contributed by atoms with van der Waals surface area (Å²) in [6.07, 6.45) is 1.07. The Morgan fingerprint density at radius 3 is 2.87 bits per heavy atom. The van der Waals surface area contributed by atoms with Crippen LogP contribution in [0.1, 0.15) is 37.3 Å². The van der Waals surface area contributed by atoms with Crippen molar-refractivity contribution in [1.82, 2.24) is 0 Å². The Labute approximate surface area is 90.9 Å². The minimum Gasteiger partial charge on any atom is -0.312 e. The van der Waals surface area contributed by atoms with Gasteiger partial charge in [0.2, 0.25) is 5.91 Å². The molecule has 0 bridgehead atoms. The van der Waals surface area contributed by atoms with Crippen LogP contribution in [0.4, 0.5) is 5.69 Å². The van der Waals surface area contributed by atoms with Crippen molar-refractivity contribution in [2.45, 2.75) is 33.1 Å². The van der Waals surface area contributed by atoms with Gasteiger partial charge < -0.3 is 4.90 Å². The lowest BCUT2D eigenvalue weighted by atomic mass is 9.89. The lowest BCUT2D eigenvalue weighted by Crippen LogP contribution is -2.35. The van der Waals surface area contributed by atoms with Crippen LogP contribution in [0.15, 0.2) is 18.2 Å². The van der Waals surface area contributed by atoms with Crippen molar-refractivity contribution in [3.05, 3.63) is 29.3 Å². The van der Waals surface area contributed by atoms with E-state index >= 15 is 0 Å². The molecule has 1 unspecified atom stereocenters. The molecule has 0 saturated carbocycles. The highest BCUT2D eigenvalue weighted by atomic mass is 16.2. The molecule has 15 heavy (non-hydrogen) atoms. The van der Waals surface area contributed by atoms with Gasteiger partial charge in [0.1, 0.15) is 0 Å². The van der Waals surface area contributed by atoms with Gasteiger partial charge in [-0.1, -0.05) is 25.1 Å². The van der Waals surface area contributed by atoms with Crippen molar-refractivity contribution in [3.8, 4) is 0 Å². The zero-order valence-electron chi connectivity index (χ0n) is 9.58. The molecule has 0 spiro atoms. The Hall–Kier alpha value is -1.31. The second kappa shape index (κ2) is 3.69. The summed E-state index contributed by atoms with van der Waals surface area (Å²) in [6.45, 7) is 6.81. The molecule has 2 heteroatoms. The SMILES string of the molecule is CC(=O)N1CCC(C)c2cccc(C)c21. The molecule has 0 saturated heterocycles. The fourth-order valence-corrected chi connectivity index (χ4v) is 2.35. The Morgan fingerprint density at radius 1 is 1.47 bits per heavy atom. The fourth-order valence-electron chi connectivity index (χ4n) is 2.35. The number of amides is 1. The lowest BCUT2D eigenvalue weighted by molar-refractivity contribution is -0.116. The van der Waals surface area contributed by atoms with E-state index in [0.717, 1.165) is 18.7 Å². The van der Waals surface area contributed by atoms with Gasteiger partial charge in [-0.05, 0) is 30.4 Å². The van der Waals surface area contributed by atoms with Gasteiger partial charge in [0.05, 0.1) is 0 Å². The Morgan fingerprint density at radius 2 is 2.20 bits per heavy atom. The Bertz CT molecular complexity index is 398. The molecule has 0 N–H and O–H groups in total. The van der Waals surface area contributed by atoms with Crippen LogP contribution in [-0.4, -0.2) is 12.5 Å². The number of carbonyl (C=O) groups is 1. The van der Waals surface area contributed by atoms with Crippen LogP contribution in [-0.2, 0) is 4.79 Å².